The Morgan fingerprint density at radius 2 is 2.20 bits per heavy atom. The summed E-state index contributed by atoms with van der Waals surface area (Å²) in [4.78, 5) is 17.2. The van der Waals surface area contributed by atoms with Crippen molar-refractivity contribution in [3.05, 3.63) is 34.7 Å². The number of anilines is 1. The van der Waals surface area contributed by atoms with E-state index in [0.717, 1.165) is 11.3 Å². The minimum atomic E-state index is -0.969. The van der Waals surface area contributed by atoms with Gasteiger partial charge in [-0.15, -0.1) is 11.3 Å². The van der Waals surface area contributed by atoms with Crippen molar-refractivity contribution in [3.63, 3.8) is 0 Å². The molecule has 25 heavy (non-hydrogen) atoms. The Balaban J connectivity index is 1.74. The monoisotopic (exact) mass is 379 g/mol. The van der Waals surface area contributed by atoms with E-state index in [0.29, 0.717) is 23.2 Å². The summed E-state index contributed by atoms with van der Waals surface area (Å²) >= 11 is 7.56. The highest BCUT2D eigenvalue weighted by molar-refractivity contribution is 7.14. The molecule has 5 nitrogen and oxygen atoms in total. The number of aromatic nitrogens is 1. The van der Waals surface area contributed by atoms with Crippen molar-refractivity contribution >= 4 is 34.0 Å². The zero-order chi connectivity index (χ0) is 18.2. The van der Waals surface area contributed by atoms with Crippen LogP contribution in [0.25, 0.3) is 11.3 Å². The lowest BCUT2D eigenvalue weighted by Crippen LogP contribution is -2.74. The lowest BCUT2D eigenvalue weighted by atomic mass is 9.54. The van der Waals surface area contributed by atoms with Gasteiger partial charge >= 0.3 is 0 Å². The zero-order valence-electron chi connectivity index (χ0n) is 14.5. The van der Waals surface area contributed by atoms with Crippen LogP contribution in [0.2, 0.25) is 5.02 Å². The van der Waals surface area contributed by atoms with Crippen molar-refractivity contribution in [1.29, 1.82) is 0 Å². The van der Waals surface area contributed by atoms with Crippen molar-refractivity contribution in [3.8, 4) is 11.3 Å². The molecule has 2 atom stereocenters. The highest BCUT2D eigenvalue weighted by atomic mass is 35.5. The third-order valence-electron chi connectivity index (χ3n) is 5.11. The maximum atomic E-state index is 12.7. The maximum absolute atomic E-state index is 12.7. The highest BCUT2D eigenvalue weighted by Gasteiger charge is 2.63. The van der Waals surface area contributed by atoms with Gasteiger partial charge in [0.2, 0.25) is 5.91 Å². The van der Waals surface area contributed by atoms with Gasteiger partial charge in [-0.25, -0.2) is 4.98 Å². The lowest BCUT2D eigenvalue weighted by Gasteiger charge is -2.57. The van der Waals surface area contributed by atoms with Gasteiger partial charge in [0.25, 0.3) is 0 Å². The van der Waals surface area contributed by atoms with Gasteiger partial charge in [0, 0.05) is 34.4 Å². The van der Waals surface area contributed by atoms with E-state index in [2.05, 4.69) is 10.3 Å². The van der Waals surface area contributed by atoms with Crippen molar-refractivity contribution in [2.75, 3.05) is 11.9 Å². The summed E-state index contributed by atoms with van der Waals surface area (Å²) in [5.41, 5.74) is 6.56. The van der Waals surface area contributed by atoms with Crippen LogP contribution in [0.3, 0.4) is 0 Å². The van der Waals surface area contributed by atoms with Crippen LogP contribution >= 0.6 is 22.9 Å². The molecule has 1 amide bonds. The minimum Gasteiger partial charge on any atom is -0.378 e. The number of hydrogen-bond donors (Lipinski definition) is 2. The van der Waals surface area contributed by atoms with Gasteiger partial charge in [0.1, 0.15) is 5.54 Å². The van der Waals surface area contributed by atoms with Gasteiger partial charge in [-0.3, -0.25) is 4.79 Å². The quantitative estimate of drug-likeness (QED) is 0.824. The molecule has 0 spiro atoms. The first-order chi connectivity index (χ1) is 11.8. The number of ether oxygens (including phenoxy) is 1. The SMILES string of the molecule is CCOC1CC(N)(C(=O)Nc2nc(-c3ccccc3Cl)cs2)C1(C)C. The molecule has 134 valence electrons. The summed E-state index contributed by atoms with van der Waals surface area (Å²) in [6.45, 7) is 6.48. The Kier molecular flexibility index (Phi) is 4.90. The van der Waals surface area contributed by atoms with E-state index in [1.807, 2.05) is 50.4 Å². The fourth-order valence-electron chi connectivity index (χ4n) is 3.15. The van der Waals surface area contributed by atoms with Crippen LogP contribution in [0, 0.1) is 5.41 Å². The Hall–Kier alpha value is -1.47. The van der Waals surface area contributed by atoms with Crippen molar-refractivity contribution in [2.24, 2.45) is 11.1 Å². The first-order valence-corrected chi connectivity index (χ1v) is 9.47. The van der Waals surface area contributed by atoms with Gasteiger partial charge in [0.05, 0.1) is 11.8 Å². The predicted molar refractivity (Wildman–Crippen MR) is 102 cm³/mol. The summed E-state index contributed by atoms with van der Waals surface area (Å²) in [7, 11) is 0. The van der Waals surface area contributed by atoms with Gasteiger partial charge in [-0.1, -0.05) is 43.6 Å². The van der Waals surface area contributed by atoms with E-state index in [-0.39, 0.29) is 12.0 Å². The van der Waals surface area contributed by atoms with Crippen LogP contribution in [0.5, 0.6) is 0 Å². The molecule has 3 N–H and O–H groups in total. The average molecular weight is 380 g/mol. The van der Waals surface area contributed by atoms with Crippen molar-refractivity contribution in [2.45, 2.75) is 38.8 Å². The topological polar surface area (TPSA) is 77.2 Å². The first kappa shape index (κ1) is 18.3. The summed E-state index contributed by atoms with van der Waals surface area (Å²) in [6, 6.07) is 7.48. The molecule has 1 aliphatic rings. The van der Waals surface area contributed by atoms with Gasteiger partial charge < -0.3 is 15.8 Å². The molecule has 1 fully saturated rings. The van der Waals surface area contributed by atoms with Gasteiger partial charge in [-0.2, -0.15) is 0 Å². The molecule has 1 aromatic carbocycles. The Morgan fingerprint density at radius 1 is 1.48 bits per heavy atom. The Bertz CT molecular complexity index is 792. The van der Waals surface area contributed by atoms with E-state index in [4.69, 9.17) is 22.1 Å². The molecule has 2 unspecified atom stereocenters. The number of benzene rings is 1. The summed E-state index contributed by atoms with van der Waals surface area (Å²) in [5.74, 6) is -0.228. The number of hydrogen-bond acceptors (Lipinski definition) is 5. The van der Waals surface area contributed by atoms with E-state index in [1.165, 1.54) is 11.3 Å². The molecule has 2 aromatic rings. The van der Waals surface area contributed by atoms with E-state index in [9.17, 15) is 4.79 Å². The number of thiazole rings is 1. The van der Waals surface area contributed by atoms with Crippen LogP contribution < -0.4 is 11.1 Å². The number of carbonyl (C=O) groups excluding carboxylic acids is 1. The number of amides is 1. The molecular formula is C18H22ClN3O2S. The second-order valence-electron chi connectivity index (χ2n) is 6.81. The molecule has 0 bridgehead atoms. The maximum Gasteiger partial charge on any atom is 0.246 e. The van der Waals surface area contributed by atoms with E-state index < -0.39 is 11.0 Å². The molecule has 3 rings (SSSR count). The van der Waals surface area contributed by atoms with E-state index in [1.54, 1.807) is 0 Å². The predicted octanol–water partition coefficient (Wildman–Crippen LogP) is 3.93. The molecule has 1 heterocycles. The second kappa shape index (κ2) is 6.68. The zero-order valence-corrected chi connectivity index (χ0v) is 16.1. The van der Waals surface area contributed by atoms with Crippen molar-refractivity contribution in [1.82, 2.24) is 4.98 Å². The summed E-state index contributed by atoms with van der Waals surface area (Å²) in [5, 5.41) is 5.87. The van der Waals surface area contributed by atoms with Gasteiger partial charge in [-0.05, 0) is 13.0 Å². The van der Waals surface area contributed by atoms with Crippen molar-refractivity contribution < 1.29 is 9.53 Å². The number of rotatable bonds is 5. The van der Waals surface area contributed by atoms with Crippen LogP contribution in [-0.4, -0.2) is 29.1 Å². The molecule has 1 aromatic heterocycles. The number of nitrogens with one attached hydrogen (secondary N) is 1. The largest absolute Gasteiger partial charge is 0.378 e. The van der Waals surface area contributed by atoms with E-state index >= 15 is 0 Å². The molecule has 0 aliphatic heterocycles. The molecule has 1 aliphatic carbocycles. The van der Waals surface area contributed by atoms with Crippen LogP contribution in [0.4, 0.5) is 5.13 Å². The van der Waals surface area contributed by atoms with Gasteiger partial charge in [0.15, 0.2) is 5.13 Å². The molecule has 0 saturated heterocycles. The van der Waals surface area contributed by atoms with Crippen LogP contribution in [0.1, 0.15) is 27.2 Å². The van der Waals surface area contributed by atoms with Crippen LogP contribution in [-0.2, 0) is 9.53 Å². The second-order valence-corrected chi connectivity index (χ2v) is 8.08. The smallest absolute Gasteiger partial charge is 0.246 e. The number of nitrogens with zero attached hydrogens (tertiary/aromatic N) is 1. The lowest BCUT2D eigenvalue weighted by molar-refractivity contribution is -0.166. The normalized spacial score (nSPS) is 24.6. The fourth-order valence-corrected chi connectivity index (χ4v) is 4.09. The van der Waals surface area contributed by atoms with Crippen LogP contribution in [0.15, 0.2) is 29.6 Å². The molecular weight excluding hydrogens is 358 g/mol. The average Bonchev–Trinajstić information content (AvgIpc) is 3.03. The first-order valence-electron chi connectivity index (χ1n) is 8.22. The molecule has 1 saturated carbocycles. The molecule has 7 heteroatoms. The standard InChI is InChI=1S/C18H22ClN3O2S/c1-4-24-14-9-18(20,17(14,2)3)15(23)22-16-21-13(10-25-16)11-7-5-6-8-12(11)19/h5-8,10,14H,4,9,20H2,1-3H3,(H,21,22,23). The fraction of sp³-hybridized carbons (Fsp3) is 0.444. The third kappa shape index (κ3) is 3.08. The Labute approximate surface area is 156 Å². The highest BCUT2D eigenvalue weighted by Crippen LogP contribution is 2.50. The number of halogens is 1. The number of carbonyl (C=O) groups is 1. The Morgan fingerprint density at radius 3 is 2.84 bits per heavy atom. The number of nitrogens with two attached hydrogens (primary N) is 1. The third-order valence-corrected chi connectivity index (χ3v) is 6.20. The summed E-state index contributed by atoms with van der Waals surface area (Å²) < 4.78 is 5.68. The minimum absolute atomic E-state index is 0.0109. The molecule has 0 radical (unpaired) electrons. The summed E-state index contributed by atoms with van der Waals surface area (Å²) in [6.07, 6.45) is 0.492.